The van der Waals surface area contributed by atoms with Gasteiger partial charge in [-0.05, 0) is 50.7 Å². The number of nitrogens with one attached hydrogen (secondary N) is 1. The molecule has 140 valence electrons. The quantitative estimate of drug-likeness (QED) is 0.753. The van der Waals surface area contributed by atoms with Gasteiger partial charge in [0.2, 0.25) is 0 Å². The van der Waals surface area contributed by atoms with E-state index in [2.05, 4.69) is 5.32 Å². The zero-order valence-electron chi connectivity index (χ0n) is 16.1. The fourth-order valence-electron chi connectivity index (χ4n) is 3.11. The van der Waals surface area contributed by atoms with E-state index in [1.807, 2.05) is 69.2 Å². The first-order valence-electron chi connectivity index (χ1n) is 8.92. The number of nitrogens with zero attached hydrogens (tertiary/aromatic N) is 1. The number of carbonyl (C=O) groups excluding carboxylic acids is 1. The molecule has 0 saturated carbocycles. The van der Waals surface area contributed by atoms with Crippen LogP contribution in [0.4, 0.5) is 0 Å². The highest BCUT2D eigenvalue weighted by molar-refractivity contribution is 5.93. The Hall–Kier alpha value is -2.92. The van der Waals surface area contributed by atoms with Gasteiger partial charge in [-0.1, -0.05) is 36.4 Å². The van der Waals surface area contributed by atoms with Crippen LogP contribution in [0.15, 0.2) is 57.7 Å². The number of fused-ring (bicyclic) bond motifs is 1. The minimum absolute atomic E-state index is 0.0197. The maximum atomic E-state index is 12.6. The summed E-state index contributed by atoms with van der Waals surface area (Å²) in [5.74, 6) is -0.357. The summed E-state index contributed by atoms with van der Waals surface area (Å²) in [5.41, 5.74) is 3.25. The Balaban J connectivity index is 1.86. The molecule has 0 radical (unpaired) electrons. The molecule has 1 aromatic heterocycles. The van der Waals surface area contributed by atoms with Crippen molar-refractivity contribution >= 4 is 16.9 Å². The standard InChI is InChI=1S/C22H24N2O3/c1-14-10-11-17-19(25)12-20(27-21(17)15(14)2)22(26)23-13-18(24(3)4)16-8-6-5-7-9-16/h5-12,18H,13H2,1-4H3,(H,23,26)/t18-/m1/s1. The van der Waals surface area contributed by atoms with Gasteiger partial charge in [0.25, 0.3) is 5.91 Å². The SMILES string of the molecule is Cc1ccc2c(=O)cc(C(=O)NC[C@H](c3ccccc3)N(C)C)oc2c1C. The Labute approximate surface area is 158 Å². The molecule has 0 fully saturated rings. The topological polar surface area (TPSA) is 62.6 Å². The fourth-order valence-corrected chi connectivity index (χ4v) is 3.11. The van der Waals surface area contributed by atoms with Gasteiger partial charge in [0.15, 0.2) is 11.2 Å². The first-order chi connectivity index (χ1) is 12.9. The van der Waals surface area contributed by atoms with E-state index < -0.39 is 5.91 Å². The number of hydrogen-bond acceptors (Lipinski definition) is 4. The van der Waals surface area contributed by atoms with Crippen LogP contribution in [0.25, 0.3) is 11.0 Å². The van der Waals surface area contributed by atoms with Crippen molar-refractivity contribution < 1.29 is 9.21 Å². The minimum atomic E-state index is -0.391. The number of carbonyl (C=O) groups is 1. The molecule has 5 heteroatoms. The molecule has 1 N–H and O–H groups in total. The van der Waals surface area contributed by atoms with Crippen molar-refractivity contribution in [1.29, 1.82) is 0 Å². The Kier molecular flexibility index (Phi) is 5.42. The van der Waals surface area contributed by atoms with Crippen LogP contribution in [-0.2, 0) is 0 Å². The lowest BCUT2D eigenvalue weighted by molar-refractivity contribution is 0.0914. The third-order valence-electron chi connectivity index (χ3n) is 4.90. The van der Waals surface area contributed by atoms with E-state index in [1.165, 1.54) is 6.07 Å². The molecule has 1 heterocycles. The van der Waals surface area contributed by atoms with Gasteiger partial charge in [-0.2, -0.15) is 0 Å². The monoisotopic (exact) mass is 364 g/mol. The molecular formula is C22H24N2O3. The maximum Gasteiger partial charge on any atom is 0.287 e. The summed E-state index contributed by atoms with van der Waals surface area (Å²) in [6.45, 7) is 4.24. The van der Waals surface area contributed by atoms with Crippen LogP contribution in [0, 0.1) is 13.8 Å². The highest BCUT2D eigenvalue weighted by Crippen LogP contribution is 2.21. The summed E-state index contributed by atoms with van der Waals surface area (Å²) in [5, 5.41) is 3.38. The maximum absolute atomic E-state index is 12.6. The van der Waals surface area contributed by atoms with Crippen molar-refractivity contribution in [2.24, 2.45) is 0 Å². The molecule has 3 aromatic rings. The lowest BCUT2D eigenvalue weighted by Gasteiger charge is -2.25. The van der Waals surface area contributed by atoms with Gasteiger partial charge in [-0.25, -0.2) is 0 Å². The average molecular weight is 364 g/mol. The number of likely N-dealkylation sites (N-methyl/N-ethyl adjacent to an activating group) is 1. The van der Waals surface area contributed by atoms with Crippen molar-refractivity contribution in [1.82, 2.24) is 10.2 Å². The molecule has 1 amide bonds. The number of amides is 1. The van der Waals surface area contributed by atoms with E-state index in [0.29, 0.717) is 17.5 Å². The molecular weight excluding hydrogens is 340 g/mol. The molecule has 1 atom stereocenters. The summed E-state index contributed by atoms with van der Waals surface area (Å²) in [7, 11) is 3.93. The highest BCUT2D eigenvalue weighted by Gasteiger charge is 2.18. The number of benzene rings is 2. The van der Waals surface area contributed by atoms with E-state index >= 15 is 0 Å². The smallest absolute Gasteiger partial charge is 0.287 e. The lowest BCUT2D eigenvalue weighted by Crippen LogP contribution is -2.34. The van der Waals surface area contributed by atoms with Crippen LogP contribution in [-0.4, -0.2) is 31.4 Å². The molecule has 5 nitrogen and oxygen atoms in total. The Morgan fingerprint density at radius 2 is 1.81 bits per heavy atom. The van der Waals surface area contributed by atoms with E-state index in [4.69, 9.17) is 4.42 Å². The minimum Gasteiger partial charge on any atom is -0.450 e. The summed E-state index contributed by atoms with van der Waals surface area (Å²) in [6.07, 6.45) is 0. The molecule has 0 unspecified atom stereocenters. The third-order valence-corrected chi connectivity index (χ3v) is 4.90. The Bertz CT molecular complexity index is 1020. The number of aryl methyl sites for hydroxylation is 2. The van der Waals surface area contributed by atoms with E-state index in [-0.39, 0.29) is 17.2 Å². The summed E-state index contributed by atoms with van der Waals surface area (Å²) in [6, 6.07) is 14.9. The second-order valence-corrected chi connectivity index (χ2v) is 6.96. The molecule has 0 saturated heterocycles. The van der Waals surface area contributed by atoms with Gasteiger partial charge in [0.05, 0.1) is 11.4 Å². The van der Waals surface area contributed by atoms with E-state index in [0.717, 1.165) is 16.7 Å². The second-order valence-electron chi connectivity index (χ2n) is 6.96. The van der Waals surface area contributed by atoms with Gasteiger partial charge in [-0.3, -0.25) is 9.59 Å². The van der Waals surface area contributed by atoms with Crippen LogP contribution in [0.5, 0.6) is 0 Å². The first-order valence-corrected chi connectivity index (χ1v) is 8.92. The van der Waals surface area contributed by atoms with Crippen LogP contribution < -0.4 is 10.7 Å². The summed E-state index contributed by atoms with van der Waals surface area (Å²) in [4.78, 5) is 27.1. The van der Waals surface area contributed by atoms with Gasteiger partial charge in [0, 0.05) is 12.6 Å². The zero-order chi connectivity index (χ0) is 19.6. The average Bonchev–Trinajstić information content (AvgIpc) is 2.65. The fraction of sp³-hybridized carbons (Fsp3) is 0.273. The van der Waals surface area contributed by atoms with Crippen molar-refractivity contribution in [3.63, 3.8) is 0 Å². The lowest BCUT2D eigenvalue weighted by atomic mass is 10.1. The van der Waals surface area contributed by atoms with Crippen LogP contribution in [0.2, 0.25) is 0 Å². The second kappa shape index (κ2) is 7.76. The first kappa shape index (κ1) is 18.9. The van der Waals surface area contributed by atoms with Gasteiger partial charge in [0.1, 0.15) is 5.58 Å². The molecule has 0 aliphatic rings. The van der Waals surface area contributed by atoms with Gasteiger partial charge < -0.3 is 14.6 Å². The predicted octanol–water partition coefficient (Wildman–Crippen LogP) is 3.44. The van der Waals surface area contributed by atoms with Crippen molar-refractivity contribution in [2.45, 2.75) is 19.9 Å². The van der Waals surface area contributed by atoms with Crippen LogP contribution in [0.3, 0.4) is 0 Å². The van der Waals surface area contributed by atoms with E-state index in [9.17, 15) is 9.59 Å². The normalized spacial score (nSPS) is 12.3. The van der Waals surface area contributed by atoms with Crippen molar-refractivity contribution in [3.8, 4) is 0 Å². The van der Waals surface area contributed by atoms with Crippen LogP contribution in [0.1, 0.15) is 33.3 Å². The molecule has 0 aliphatic heterocycles. The molecule has 27 heavy (non-hydrogen) atoms. The largest absolute Gasteiger partial charge is 0.450 e. The molecule has 0 spiro atoms. The Morgan fingerprint density at radius 3 is 2.48 bits per heavy atom. The third kappa shape index (κ3) is 3.93. The zero-order valence-corrected chi connectivity index (χ0v) is 16.1. The summed E-state index contributed by atoms with van der Waals surface area (Å²) < 4.78 is 5.79. The predicted molar refractivity (Wildman–Crippen MR) is 107 cm³/mol. The number of rotatable bonds is 5. The van der Waals surface area contributed by atoms with Crippen LogP contribution >= 0.6 is 0 Å². The van der Waals surface area contributed by atoms with Crippen molar-refractivity contribution in [3.05, 3.63) is 81.2 Å². The molecule has 3 rings (SSSR count). The molecule has 0 aliphatic carbocycles. The van der Waals surface area contributed by atoms with Crippen molar-refractivity contribution in [2.75, 3.05) is 20.6 Å². The summed E-state index contributed by atoms with van der Waals surface area (Å²) >= 11 is 0. The molecule has 2 aromatic carbocycles. The number of hydrogen-bond donors (Lipinski definition) is 1. The Morgan fingerprint density at radius 1 is 1.11 bits per heavy atom. The highest BCUT2D eigenvalue weighted by atomic mass is 16.3. The molecule has 0 bridgehead atoms. The van der Waals surface area contributed by atoms with Gasteiger partial charge in [-0.15, -0.1) is 0 Å². The van der Waals surface area contributed by atoms with E-state index in [1.54, 1.807) is 6.07 Å². The van der Waals surface area contributed by atoms with Gasteiger partial charge >= 0.3 is 0 Å².